The van der Waals surface area contributed by atoms with Gasteiger partial charge in [-0.25, -0.2) is 0 Å². The van der Waals surface area contributed by atoms with Gasteiger partial charge in [-0.2, -0.15) is 0 Å². The Balaban J connectivity index is 3.36. The Morgan fingerprint density at radius 3 is 2.64 bits per heavy atom. The van der Waals surface area contributed by atoms with Gasteiger partial charge in [-0.15, -0.1) is 0 Å². The monoisotopic (exact) mass is 149 g/mol. The Labute approximate surface area is 68.1 Å². The van der Waals surface area contributed by atoms with Crippen molar-refractivity contribution in [3.63, 3.8) is 0 Å². The standard InChI is InChI=1S/C10H13O/c1-2-3-4-5-6-7-8-9-10-11/h3-4,6-9H,2,5H2,1H3/b4-3+,7-6+,9-8+. The van der Waals surface area contributed by atoms with Gasteiger partial charge in [0.25, 0.3) is 0 Å². The first-order valence-corrected chi connectivity index (χ1v) is 3.76. The van der Waals surface area contributed by atoms with E-state index < -0.39 is 0 Å². The van der Waals surface area contributed by atoms with Crippen LogP contribution < -0.4 is 0 Å². The van der Waals surface area contributed by atoms with Gasteiger partial charge in [-0.3, -0.25) is 4.79 Å². The Kier molecular flexibility index (Phi) is 7.99. The third-order valence-electron chi connectivity index (χ3n) is 1.09. The van der Waals surface area contributed by atoms with Crippen molar-refractivity contribution in [1.29, 1.82) is 0 Å². The molecular formula is C10H13O. The molecule has 0 amide bonds. The molecule has 0 N–H and O–H groups in total. The minimum absolute atomic E-state index is 0.928. The lowest BCUT2D eigenvalue weighted by atomic mass is 10.3. The van der Waals surface area contributed by atoms with Crippen LogP contribution in [0.3, 0.4) is 0 Å². The van der Waals surface area contributed by atoms with Crippen molar-refractivity contribution in [2.24, 2.45) is 0 Å². The summed E-state index contributed by atoms with van der Waals surface area (Å²) < 4.78 is 0. The van der Waals surface area contributed by atoms with E-state index in [2.05, 4.69) is 19.1 Å². The molecular weight excluding hydrogens is 136 g/mol. The van der Waals surface area contributed by atoms with Crippen molar-refractivity contribution in [3.8, 4) is 0 Å². The van der Waals surface area contributed by atoms with Crippen LogP contribution in [0.2, 0.25) is 0 Å². The first-order valence-electron chi connectivity index (χ1n) is 3.76. The van der Waals surface area contributed by atoms with E-state index in [1.165, 1.54) is 6.08 Å². The van der Waals surface area contributed by atoms with Crippen molar-refractivity contribution in [2.45, 2.75) is 19.8 Å². The van der Waals surface area contributed by atoms with Crippen LogP contribution >= 0.6 is 0 Å². The summed E-state index contributed by atoms with van der Waals surface area (Å²) in [6.07, 6.45) is 14.7. The van der Waals surface area contributed by atoms with Crippen LogP contribution in [0.15, 0.2) is 36.5 Å². The maximum absolute atomic E-state index is 9.68. The summed E-state index contributed by atoms with van der Waals surface area (Å²) in [6, 6.07) is 0. The molecule has 0 heterocycles. The fourth-order valence-electron chi connectivity index (χ4n) is 0.593. The Hall–Kier alpha value is -1.11. The van der Waals surface area contributed by atoms with Crippen molar-refractivity contribution in [2.75, 3.05) is 0 Å². The highest BCUT2D eigenvalue weighted by atomic mass is 16.1. The maximum Gasteiger partial charge on any atom is 0.225 e. The van der Waals surface area contributed by atoms with Crippen molar-refractivity contribution < 1.29 is 4.79 Å². The largest absolute Gasteiger partial charge is 0.286 e. The van der Waals surface area contributed by atoms with E-state index in [0.29, 0.717) is 0 Å². The van der Waals surface area contributed by atoms with E-state index in [0.717, 1.165) is 12.8 Å². The molecule has 0 atom stereocenters. The van der Waals surface area contributed by atoms with Crippen LogP contribution in [0, 0.1) is 0 Å². The van der Waals surface area contributed by atoms with E-state index in [1.807, 2.05) is 12.2 Å². The first kappa shape index (κ1) is 9.89. The van der Waals surface area contributed by atoms with Gasteiger partial charge in [0, 0.05) is 0 Å². The molecule has 0 bridgehead atoms. The summed E-state index contributed by atoms with van der Waals surface area (Å²) in [5, 5.41) is 0. The van der Waals surface area contributed by atoms with Crippen molar-refractivity contribution >= 4 is 6.29 Å². The zero-order chi connectivity index (χ0) is 8.36. The highest BCUT2D eigenvalue weighted by Crippen LogP contribution is 1.88. The van der Waals surface area contributed by atoms with Gasteiger partial charge in [0.15, 0.2) is 0 Å². The number of carbonyl (C=O) groups excluding carboxylic acids is 1. The molecule has 59 valence electrons. The summed E-state index contributed by atoms with van der Waals surface area (Å²) in [5.41, 5.74) is 0. The van der Waals surface area contributed by atoms with Gasteiger partial charge < -0.3 is 0 Å². The smallest absolute Gasteiger partial charge is 0.225 e. The van der Waals surface area contributed by atoms with E-state index in [9.17, 15) is 4.79 Å². The molecule has 0 unspecified atom stereocenters. The molecule has 0 aliphatic rings. The lowest BCUT2D eigenvalue weighted by Crippen LogP contribution is -1.59. The molecule has 0 aromatic heterocycles. The summed E-state index contributed by atoms with van der Waals surface area (Å²) in [4.78, 5) is 9.68. The maximum atomic E-state index is 9.68. The molecule has 1 radical (unpaired) electrons. The van der Waals surface area contributed by atoms with Gasteiger partial charge in [0.05, 0.1) is 0 Å². The average Bonchev–Trinajstić information content (AvgIpc) is 2.03. The SMILES string of the molecule is CC/C=C/C/C=C/C=C/[C]=O. The van der Waals surface area contributed by atoms with Crippen LogP contribution in [-0.2, 0) is 4.79 Å². The Morgan fingerprint density at radius 2 is 2.00 bits per heavy atom. The summed E-state index contributed by atoms with van der Waals surface area (Å²) >= 11 is 0. The zero-order valence-electron chi connectivity index (χ0n) is 6.79. The van der Waals surface area contributed by atoms with Gasteiger partial charge >= 0.3 is 0 Å². The minimum atomic E-state index is 0.928. The van der Waals surface area contributed by atoms with Crippen molar-refractivity contribution in [1.82, 2.24) is 0 Å². The quantitative estimate of drug-likeness (QED) is 0.333. The van der Waals surface area contributed by atoms with Gasteiger partial charge in [0.2, 0.25) is 6.29 Å². The molecule has 0 aromatic carbocycles. The van der Waals surface area contributed by atoms with Gasteiger partial charge in [0.1, 0.15) is 0 Å². The third-order valence-corrected chi connectivity index (χ3v) is 1.09. The molecule has 0 aliphatic carbocycles. The number of hydrogen-bond donors (Lipinski definition) is 0. The van der Waals surface area contributed by atoms with Crippen LogP contribution in [0.1, 0.15) is 19.8 Å². The second-order valence-corrected chi connectivity index (χ2v) is 2.02. The molecule has 1 heteroatoms. The Bertz CT molecular complexity index is 164. The van der Waals surface area contributed by atoms with Gasteiger partial charge in [-0.05, 0) is 18.9 Å². The summed E-state index contributed by atoms with van der Waals surface area (Å²) in [6.45, 7) is 2.10. The van der Waals surface area contributed by atoms with Gasteiger partial charge in [-0.1, -0.05) is 37.3 Å². The van der Waals surface area contributed by atoms with E-state index >= 15 is 0 Å². The van der Waals surface area contributed by atoms with Crippen molar-refractivity contribution in [3.05, 3.63) is 36.5 Å². The molecule has 0 saturated heterocycles. The molecule has 0 spiro atoms. The number of allylic oxidation sites excluding steroid dienone is 6. The lowest BCUT2D eigenvalue weighted by molar-refractivity contribution is 0.564. The highest BCUT2D eigenvalue weighted by Gasteiger charge is 1.68. The van der Waals surface area contributed by atoms with Crippen LogP contribution in [0.25, 0.3) is 0 Å². The molecule has 0 rings (SSSR count). The molecule has 0 saturated carbocycles. The third kappa shape index (κ3) is 8.89. The molecule has 1 nitrogen and oxygen atoms in total. The molecule has 11 heavy (non-hydrogen) atoms. The lowest BCUT2D eigenvalue weighted by Gasteiger charge is -1.78. The second-order valence-electron chi connectivity index (χ2n) is 2.02. The topological polar surface area (TPSA) is 17.1 Å². The van der Waals surface area contributed by atoms with E-state index in [-0.39, 0.29) is 0 Å². The van der Waals surface area contributed by atoms with Crippen LogP contribution in [0.5, 0.6) is 0 Å². The predicted octanol–water partition coefficient (Wildman–Crippen LogP) is 2.56. The molecule has 0 fully saturated rings. The Morgan fingerprint density at radius 1 is 1.18 bits per heavy atom. The zero-order valence-corrected chi connectivity index (χ0v) is 6.79. The summed E-state index contributed by atoms with van der Waals surface area (Å²) in [7, 11) is 0. The minimum Gasteiger partial charge on any atom is -0.286 e. The second kappa shape index (κ2) is 8.89. The van der Waals surface area contributed by atoms with E-state index in [4.69, 9.17) is 0 Å². The van der Waals surface area contributed by atoms with Crippen LogP contribution in [-0.4, -0.2) is 6.29 Å². The highest BCUT2D eigenvalue weighted by molar-refractivity contribution is 5.66. The van der Waals surface area contributed by atoms with Crippen LogP contribution in [0.4, 0.5) is 0 Å². The normalized spacial score (nSPS) is 12.1. The average molecular weight is 149 g/mol. The molecule has 0 aliphatic heterocycles. The summed E-state index contributed by atoms with van der Waals surface area (Å²) in [5.74, 6) is 0. The fraction of sp³-hybridized carbons (Fsp3) is 0.300. The first-order chi connectivity index (χ1) is 5.41. The predicted molar refractivity (Wildman–Crippen MR) is 48.0 cm³/mol. The number of rotatable bonds is 5. The number of hydrogen-bond acceptors (Lipinski definition) is 1. The fourth-order valence-corrected chi connectivity index (χ4v) is 0.593. The van der Waals surface area contributed by atoms with E-state index in [1.54, 1.807) is 12.4 Å². The molecule has 0 aromatic rings.